The standard InChI is InChI=1S/C29H36N4O5S/c34-15-16-39(37,38)31-22-7-8-24(26(19-22)32-13-11-29(9-10-29)12-14-32)28(36)30-21-6-5-20-17-27(35)33(25(20)18-21)23-3-1-2-4-23/h5-8,18-19,23,31,34H,1-4,9-17H2,(H,30,36). The van der Waals surface area contributed by atoms with Gasteiger partial charge in [-0.15, -0.1) is 0 Å². The van der Waals surface area contributed by atoms with E-state index in [2.05, 4.69) is 14.9 Å². The van der Waals surface area contributed by atoms with Gasteiger partial charge in [-0.05, 0) is 79.8 Å². The van der Waals surface area contributed by atoms with Crippen LogP contribution in [0.4, 0.5) is 22.7 Å². The Morgan fingerprint density at radius 1 is 0.974 bits per heavy atom. The fraction of sp³-hybridized carbons (Fsp3) is 0.517. The van der Waals surface area contributed by atoms with Crippen LogP contribution in [0.2, 0.25) is 0 Å². The number of carbonyl (C=O) groups is 2. The minimum atomic E-state index is -3.70. The van der Waals surface area contributed by atoms with Gasteiger partial charge in [0.2, 0.25) is 15.9 Å². The molecule has 3 fully saturated rings. The van der Waals surface area contributed by atoms with Crippen LogP contribution in [0.25, 0.3) is 0 Å². The van der Waals surface area contributed by atoms with Crippen molar-refractivity contribution in [3.63, 3.8) is 0 Å². The molecule has 0 radical (unpaired) electrons. The van der Waals surface area contributed by atoms with Crippen LogP contribution in [0.5, 0.6) is 0 Å². The molecule has 208 valence electrons. The second-order valence-corrected chi connectivity index (χ2v) is 13.4. The van der Waals surface area contributed by atoms with Gasteiger partial charge in [0.25, 0.3) is 5.91 Å². The molecule has 39 heavy (non-hydrogen) atoms. The molecule has 2 aliphatic heterocycles. The van der Waals surface area contributed by atoms with E-state index >= 15 is 0 Å². The van der Waals surface area contributed by atoms with Crippen LogP contribution in [0.15, 0.2) is 36.4 Å². The number of hydrogen-bond acceptors (Lipinski definition) is 6. The molecule has 2 amide bonds. The van der Waals surface area contributed by atoms with Gasteiger partial charge in [-0.3, -0.25) is 14.3 Å². The molecule has 1 saturated heterocycles. The van der Waals surface area contributed by atoms with E-state index in [9.17, 15) is 18.0 Å². The zero-order valence-electron chi connectivity index (χ0n) is 22.1. The predicted octanol–water partition coefficient (Wildman–Crippen LogP) is 3.89. The van der Waals surface area contributed by atoms with Crippen molar-refractivity contribution >= 4 is 44.6 Å². The highest BCUT2D eigenvalue weighted by atomic mass is 32.2. The second-order valence-electron chi connectivity index (χ2n) is 11.5. The van der Waals surface area contributed by atoms with Crippen LogP contribution < -0.4 is 19.8 Å². The summed E-state index contributed by atoms with van der Waals surface area (Å²) in [6.07, 6.45) is 9.32. The Bertz CT molecular complexity index is 1390. The van der Waals surface area contributed by atoms with Crippen molar-refractivity contribution in [1.82, 2.24) is 0 Å². The zero-order valence-corrected chi connectivity index (χ0v) is 22.9. The number of fused-ring (bicyclic) bond motifs is 1. The Morgan fingerprint density at radius 3 is 2.36 bits per heavy atom. The number of amides is 2. The molecule has 2 aromatic rings. The number of aliphatic hydroxyl groups excluding tert-OH is 1. The van der Waals surface area contributed by atoms with Crippen molar-refractivity contribution in [2.75, 3.05) is 45.3 Å². The van der Waals surface area contributed by atoms with Crippen LogP contribution in [0.3, 0.4) is 0 Å². The first-order valence-corrected chi connectivity index (χ1v) is 15.7. The molecular weight excluding hydrogens is 516 g/mol. The molecule has 2 aliphatic carbocycles. The fourth-order valence-corrected chi connectivity index (χ4v) is 7.29. The molecule has 2 heterocycles. The summed E-state index contributed by atoms with van der Waals surface area (Å²) in [6, 6.07) is 10.9. The highest BCUT2D eigenvalue weighted by molar-refractivity contribution is 7.92. The van der Waals surface area contributed by atoms with Crippen LogP contribution in [-0.2, 0) is 21.2 Å². The van der Waals surface area contributed by atoms with Crippen LogP contribution in [-0.4, -0.2) is 56.8 Å². The van der Waals surface area contributed by atoms with Crippen molar-refractivity contribution < 1.29 is 23.1 Å². The summed E-state index contributed by atoms with van der Waals surface area (Å²) >= 11 is 0. The number of anilines is 4. The summed E-state index contributed by atoms with van der Waals surface area (Å²) < 4.78 is 27.1. The Labute approximate surface area is 229 Å². The lowest BCUT2D eigenvalue weighted by atomic mass is 9.93. The molecule has 0 bridgehead atoms. The topological polar surface area (TPSA) is 119 Å². The fourth-order valence-electron chi connectivity index (χ4n) is 6.46. The molecule has 0 atom stereocenters. The van der Waals surface area contributed by atoms with Crippen molar-refractivity contribution in [1.29, 1.82) is 0 Å². The summed E-state index contributed by atoms with van der Waals surface area (Å²) in [4.78, 5) is 30.5. The number of hydrogen-bond donors (Lipinski definition) is 3. The average Bonchev–Trinajstić information content (AvgIpc) is 3.29. The van der Waals surface area contributed by atoms with E-state index in [1.807, 2.05) is 23.1 Å². The Balaban J connectivity index is 1.26. The first kappa shape index (κ1) is 26.1. The molecule has 9 nitrogen and oxygen atoms in total. The van der Waals surface area contributed by atoms with E-state index in [1.54, 1.807) is 18.2 Å². The first-order valence-electron chi connectivity index (χ1n) is 14.0. The molecule has 1 spiro atoms. The molecule has 2 aromatic carbocycles. The van der Waals surface area contributed by atoms with E-state index in [-0.39, 0.29) is 17.9 Å². The molecule has 4 aliphatic rings. The molecule has 0 aromatic heterocycles. The van der Waals surface area contributed by atoms with Gasteiger partial charge in [-0.25, -0.2) is 8.42 Å². The minimum Gasteiger partial charge on any atom is -0.395 e. The minimum absolute atomic E-state index is 0.125. The summed E-state index contributed by atoms with van der Waals surface area (Å²) in [5.74, 6) is -0.547. The van der Waals surface area contributed by atoms with E-state index in [1.165, 1.54) is 12.8 Å². The van der Waals surface area contributed by atoms with Gasteiger partial charge < -0.3 is 20.2 Å². The second kappa shape index (κ2) is 10.1. The van der Waals surface area contributed by atoms with Gasteiger partial charge in [-0.1, -0.05) is 18.9 Å². The Kier molecular flexibility index (Phi) is 6.79. The number of nitrogens with zero attached hydrogens (tertiary/aromatic N) is 2. The molecular formula is C29H36N4O5S. The molecule has 2 saturated carbocycles. The molecule has 6 rings (SSSR count). The lowest BCUT2D eigenvalue weighted by Crippen LogP contribution is -2.36. The summed E-state index contributed by atoms with van der Waals surface area (Å²) in [7, 11) is -3.70. The van der Waals surface area contributed by atoms with Crippen LogP contribution >= 0.6 is 0 Å². The third-order valence-corrected chi connectivity index (χ3v) is 10.2. The third-order valence-electron chi connectivity index (χ3n) is 8.90. The maximum Gasteiger partial charge on any atom is 0.257 e. The van der Waals surface area contributed by atoms with E-state index in [0.717, 1.165) is 62.9 Å². The van der Waals surface area contributed by atoms with E-state index in [4.69, 9.17) is 5.11 Å². The lowest BCUT2D eigenvalue weighted by Gasteiger charge is -2.35. The van der Waals surface area contributed by atoms with Gasteiger partial charge in [0, 0.05) is 30.5 Å². The van der Waals surface area contributed by atoms with Gasteiger partial charge in [-0.2, -0.15) is 0 Å². The Hall–Kier alpha value is -3.11. The van der Waals surface area contributed by atoms with Gasteiger partial charge in [0.1, 0.15) is 0 Å². The summed E-state index contributed by atoms with van der Waals surface area (Å²) in [6.45, 7) is 1.15. The maximum atomic E-state index is 13.6. The van der Waals surface area contributed by atoms with Gasteiger partial charge in [0.15, 0.2) is 0 Å². The zero-order chi connectivity index (χ0) is 27.2. The predicted molar refractivity (Wildman–Crippen MR) is 152 cm³/mol. The Morgan fingerprint density at radius 2 is 1.67 bits per heavy atom. The summed E-state index contributed by atoms with van der Waals surface area (Å²) in [5.41, 5.74) is 4.49. The number of sulfonamides is 1. The first-order chi connectivity index (χ1) is 18.8. The van der Waals surface area contributed by atoms with Crippen molar-refractivity contribution in [3.8, 4) is 0 Å². The van der Waals surface area contributed by atoms with Crippen molar-refractivity contribution in [2.45, 2.75) is 63.8 Å². The number of rotatable bonds is 8. The number of carbonyl (C=O) groups excluding carboxylic acids is 2. The quantitative estimate of drug-likeness (QED) is 0.457. The highest BCUT2D eigenvalue weighted by Gasteiger charge is 2.44. The molecule has 0 unspecified atom stereocenters. The lowest BCUT2D eigenvalue weighted by molar-refractivity contribution is -0.117. The number of aliphatic hydroxyl groups is 1. The van der Waals surface area contributed by atoms with Crippen LogP contribution in [0.1, 0.15) is 67.3 Å². The van der Waals surface area contributed by atoms with Crippen LogP contribution in [0, 0.1) is 5.41 Å². The largest absolute Gasteiger partial charge is 0.395 e. The highest BCUT2D eigenvalue weighted by Crippen LogP contribution is 2.54. The number of nitrogens with one attached hydrogen (secondary N) is 2. The van der Waals surface area contributed by atoms with Gasteiger partial charge >= 0.3 is 0 Å². The smallest absolute Gasteiger partial charge is 0.257 e. The van der Waals surface area contributed by atoms with E-state index < -0.39 is 22.4 Å². The molecule has 10 heteroatoms. The summed E-state index contributed by atoms with van der Waals surface area (Å²) in [5, 5.41) is 12.1. The van der Waals surface area contributed by atoms with Crippen molar-refractivity contribution in [3.05, 3.63) is 47.5 Å². The van der Waals surface area contributed by atoms with E-state index in [0.29, 0.717) is 34.5 Å². The monoisotopic (exact) mass is 552 g/mol. The van der Waals surface area contributed by atoms with Crippen molar-refractivity contribution in [2.24, 2.45) is 5.41 Å². The van der Waals surface area contributed by atoms with Gasteiger partial charge in [0.05, 0.1) is 35.7 Å². The number of piperidine rings is 1. The normalized spacial score (nSPS) is 20.4. The third kappa shape index (κ3) is 5.36. The average molecular weight is 553 g/mol. The number of benzene rings is 2. The maximum absolute atomic E-state index is 13.6. The SMILES string of the molecule is O=C(Nc1ccc2c(c1)N(C1CCCC1)C(=O)C2)c1ccc(NS(=O)(=O)CCO)cc1N1CCC2(CC1)CC2. The molecule has 3 N–H and O–H groups in total.